The molecule has 0 aromatic heterocycles. The zero-order valence-electron chi connectivity index (χ0n) is 8.13. The zero-order chi connectivity index (χ0) is 10.2. The van der Waals surface area contributed by atoms with Crippen LogP contribution in [0.25, 0.3) is 0 Å². The van der Waals surface area contributed by atoms with Crippen molar-refractivity contribution in [2.75, 3.05) is 0 Å². The summed E-state index contributed by atoms with van der Waals surface area (Å²) >= 11 is 3.52. The largest absolute Gasteiger partial charge is 0.197 e. The van der Waals surface area contributed by atoms with E-state index in [1.165, 1.54) is 0 Å². The molecule has 0 amide bonds. The number of benzene rings is 1. The second-order valence-electron chi connectivity index (χ2n) is 4.00. The summed E-state index contributed by atoms with van der Waals surface area (Å²) in [6.45, 7) is 2.16. The molecule has 1 saturated carbocycles. The van der Waals surface area contributed by atoms with Crippen LogP contribution in [0.3, 0.4) is 0 Å². The molecule has 0 saturated heterocycles. The highest BCUT2D eigenvalue weighted by molar-refractivity contribution is 9.10. The van der Waals surface area contributed by atoms with E-state index in [9.17, 15) is 5.26 Å². The van der Waals surface area contributed by atoms with Crippen molar-refractivity contribution >= 4 is 15.9 Å². The SMILES string of the molecule is CC1CCC1(C#N)c1ccccc1Br. The number of hydrogen-bond donors (Lipinski definition) is 0. The first kappa shape index (κ1) is 9.73. The van der Waals surface area contributed by atoms with Gasteiger partial charge in [0.05, 0.1) is 11.5 Å². The Morgan fingerprint density at radius 1 is 1.50 bits per heavy atom. The van der Waals surface area contributed by atoms with Gasteiger partial charge in [0.2, 0.25) is 0 Å². The third kappa shape index (κ3) is 1.19. The molecule has 2 heteroatoms. The van der Waals surface area contributed by atoms with E-state index < -0.39 is 0 Å². The maximum atomic E-state index is 9.31. The normalized spacial score (nSPS) is 30.5. The standard InChI is InChI=1S/C12H12BrN/c1-9-6-7-12(9,8-14)10-4-2-3-5-11(10)13/h2-5,9H,6-7H2,1H3. The molecule has 0 spiro atoms. The van der Waals surface area contributed by atoms with Crippen LogP contribution in [0.2, 0.25) is 0 Å². The summed E-state index contributed by atoms with van der Waals surface area (Å²) in [4.78, 5) is 0. The fraction of sp³-hybridized carbons (Fsp3) is 0.417. The van der Waals surface area contributed by atoms with Gasteiger partial charge in [-0.25, -0.2) is 0 Å². The van der Waals surface area contributed by atoms with Crippen molar-refractivity contribution in [2.45, 2.75) is 25.2 Å². The molecule has 0 heterocycles. The quantitative estimate of drug-likeness (QED) is 0.746. The summed E-state index contributed by atoms with van der Waals surface area (Å²) in [6.07, 6.45) is 2.15. The van der Waals surface area contributed by atoms with Crippen molar-refractivity contribution in [3.8, 4) is 6.07 Å². The molecule has 2 unspecified atom stereocenters. The predicted molar refractivity (Wildman–Crippen MR) is 59.8 cm³/mol. The van der Waals surface area contributed by atoms with Gasteiger partial charge in [-0.05, 0) is 30.4 Å². The summed E-state index contributed by atoms with van der Waals surface area (Å²) < 4.78 is 1.06. The van der Waals surface area contributed by atoms with Gasteiger partial charge in [-0.15, -0.1) is 0 Å². The maximum absolute atomic E-state index is 9.31. The van der Waals surface area contributed by atoms with Crippen molar-refractivity contribution in [1.29, 1.82) is 5.26 Å². The van der Waals surface area contributed by atoms with E-state index in [1.807, 2.05) is 18.2 Å². The van der Waals surface area contributed by atoms with Crippen LogP contribution < -0.4 is 0 Å². The summed E-state index contributed by atoms with van der Waals surface area (Å²) in [5.41, 5.74) is 0.918. The molecule has 1 aromatic carbocycles. The second kappa shape index (κ2) is 3.40. The molecule has 1 fully saturated rings. The Morgan fingerprint density at radius 2 is 2.21 bits per heavy atom. The lowest BCUT2D eigenvalue weighted by Crippen LogP contribution is -2.41. The highest BCUT2D eigenvalue weighted by atomic mass is 79.9. The van der Waals surface area contributed by atoms with Gasteiger partial charge in [0.25, 0.3) is 0 Å². The van der Waals surface area contributed by atoms with Crippen molar-refractivity contribution in [3.05, 3.63) is 34.3 Å². The van der Waals surface area contributed by atoms with Crippen LogP contribution in [0.5, 0.6) is 0 Å². The third-order valence-electron chi connectivity index (χ3n) is 3.37. The van der Waals surface area contributed by atoms with E-state index in [1.54, 1.807) is 0 Å². The zero-order valence-corrected chi connectivity index (χ0v) is 9.71. The fourth-order valence-electron chi connectivity index (χ4n) is 2.17. The molecule has 0 N–H and O–H groups in total. The molecule has 2 rings (SSSR count). The second-order valence-corrected chi connectivity index (χ2v) is 4.86. The highest BCUT2D eigenvalue weighted by Crippen LogP contribution is 2.49. The van der Waals surface area contributed by atoms with Crippen molar-refractivity contribution in [2.24, 2.45) is 5.92 Å². The van der Waals surface area contributed by atoms with E-state index in [2.05, 4.69) is 35.0 Å². The topological polar surface area (TPSA) is 23.8 Å². The molecule has 72 valence electrons. The summed E-state index contributed by atoms with van der Waals surface area (Å²) in [6, 6.07) is 10.6. The Labute approximate surface area is 92.9 Å². The van der Waals surface area contributed by atoms with E-state index in [0.717, 1.165) is 22.9 Å². The van der Waals surface area contributed by atoms with Crippen LogP contribution in [-0.4, -0.2) is 0 Å². The lowest BCUT2D eigenvalue weighted by atomic mass is 9.58. The van der Waals surface area contributed by atoms with E-state index in [0.29, 0.717) is 5.92 Å². The Hall–Kier alpha value is -0.810. The first-order chi connectivity index (χ1) is 6.70. The Balaban J connectivity index is 2.49. The summed E-state index contributed by atoms with van der Waals surface area (Å²) in [5, 5.41) is 9.31. The minimum atomic E-state index is -0.236. The molecule has 0 bridgehead atoms. The van der Waals surface area contributed by atoms with Crippen molar-refractivity contribution in [3.63, 3.8) is 0 Å². The van der Waals surface area contributed by atoms with Gasteiger partial charge in [-0.3, -0.25) is 0 Å². The molecule has 1 aliphatic carbocycles. The maximum Gasteiger partial charge on any atom is 0.0858 e. The summed E-state index contributed by atoms with van der Waals surface area (Å²) in [5.74, 6) is 0.478. The number of nitriles is 1. The van der Waals surface area contributed by atoms with Crippen molar-refractivity contribution in [1.82, 2.24) is 0 Å². The van der Waals surface area contributed by atoms with Gasteiger partial charge in [-0.2, -0.15) is 5.26 Å². The molecule has 0 radical (unpaired) electrons. The van der Waals surface area contributed by atoms with Crippen LogP contribution in [0, 0.1) is 17.2 Å². The summed E-state index contributed by atoms with van der Waals surface area (Å²) in [7, 11) is 0. The first-order valence-electron chi connectivity index (χ1n) is 4.87. The van der Waals surface area contributed by atoms with E-state index >= 15 is 0 Å². The smallest absolute Gasteiger partial charge is 0.0858 e. The minimum Gasteiger partial charge on any atom is -0.197 e. The van der Waals surface area contributed by atoms with E-state index in [-0.39, 0.29) is 5.41 Å². The van der Waals surface area contributed by atoms with Crippen LogP contribution >= 0.6 is 15.9 Å². The first-order valence-corrected chi connectivity index (χ1v) is 5.66. The molecular weight excluding hydrogens is 238 g/mol. The molecule has 2 atom stereocenters. The van der Waals surface area contributed by atoms with Crippen LogP contribution in [-0.2, 0) is 5.41 Å². The predicted octanol–water partition coefficient (Wildman–Crippen LogP) is 3.64. The van der Waals surface area contributed by atoms with Gasteiger partial charge < -0.3 is 0 Å². The van der Waals surface area contributed by atoms with Gasteiger partial charge in [0, 0.05) is 4.47 Å². The molecule has 14 heavy (non-hydrogen) atoms. The fourth-order valence-corrected chi connectivity index (χ4v) is 2.81. The van der Waals surface area contributed by atoms with Gasteiger partial charge in [0.1, 0.15) is 0 Å². The number of rotatable bonds is 1. The average Bonchev–Trinajstić information content (AvgIpc) is 2.20. The Morgan fingerprint density at radius 3 is 2.64 bits per heavy atom. The van der Waals surface area contributed by atoms with Crippen LogP contribution in [0.4, 0.5) is 0 Å². The van der Waals surface area contributed by atoms with Gasteiger partial charge in [0.15, 0.2) is 0 Å². The van der Waals surface area contributed by atoms with Crippen LogP contribution in [0.15, 0.2) is 28.7 Å². The molecule has 0 aliphatic heterocycles. The molecular formula is C12H12BrN. The molecule has 1 nitrogen and oxygen atoms in total. The number of nitrogens with zero attached hydrogens (tertiary/aromatic N) is 1. The third-order valence-corrected chi connectivity index (χ3v) is 4.06. The number of halogens is 1. The Bertz CT molecular complexity index is 394. The monoisotopic (exact) mass is 249 g/mol. The van der Waals surface area contributed by atoms with E-state index in [4.69, 9.17) is 0 Å². The van der Waals surface area contributed by atoms with Crippen molar-refractivity contribution < 1.29 is 0 Å². The molecule has 1 aliphatic rings. The molecule has 1 aromatic rings. The average molecular weight is 250 g/mol. The Kier molecular flexibility index (Phi) is 2.36. The lowest BCUT2D eigenvalue weighted by molar-refractivity contribution is 0.201. The minimum absolute atomic E-state index is 0.236. The van der Waals surface area contributed by atoms with Gasteiger partial charge >= 0.3 is 0 Å². The van der Waals surface area contributed by atoms with Crippen LogP contribution in [0.1, 0.15) is 25.3 Å². The highest BCUT2D eigenvalue weighted by Gasteiger charge is 2.46. The number of hydrogen-bond acceptors (Lipinski definition) is 1. The lowest BCUT2D eigenvalue weighted by Gasteiger charge is -2.43. The van der Waals surface area contributed by atoms with Gasteiger partial charge in [-0.1, -0.05) is 41.1 Å².